The predicted octanol–water partition coefficient (Wildman–Crippen LogP) is -0.0293. The monoisotopic (exact) mass is 154 g/mol. The first-order valence-corrected chi connectivity index (χ1v) is 4.22. The van der Waals surface area contributed by atoms with Crippen LogP contribution < -0.4 is 5.32 Å². The molecule has 0 saturated carbocycles. The fraction of sp³-hybridized carbons (Fsp3) is 0.875. The van der Waals surface area contributed by atoms with Gasteiger partial charge < -0.3 is 10.2 Å². The van der Waals surface area contributed by atoms with E-state index < -0.39 is 0 Å². The minimum atomic E-state index is 0.212. The molecule has 2 fully saturated rings. The lowest BCUT2D eigenvalue weighted by molar-refractivity contribution is -0.136. The molecule has 0 atom stereocenters. The zero-order valence-electron chi connectivity index (χ0n) is 6.89. The Kier molecular flexibility index (Phi) is 1.42. The number of nitrogens with one attached hydrogen (secondary N) is 1. The van der Waals surface area contributed by atoms with E-state index in [1.807, 2.05) is 4.90 Å². The average Bonchev–Trinajstić information content (AvgIpc) is 2.29. The number of likely N-dealkylation sites (tertiary alicyclic amines) is 1. The maximum Gasteiger partial charge on any atom is 0.219 e. The lowest BCUT2D eigenvalue weighted by Gasteiger charge is -2.47. The van der Waals surface area contributed by atoms with Gasteiger partial charge in [0.15, 0.2) is 0 Å². The lowest BCUT2D eigenvalue weighted by atomic mass is 9.88. The van der Waals surface area contributed by atoms with Gasteiger partial charge >= 0.3 is 0 Å². The summed E-state index contributed by atoms with van der Waals surface area (Å²) in [6.07, 6.45) is 2.52. The van der Waals surface area contributed by atoms with Crippen LogP contribution in [0, 0.1) is 0 Å². The van der Waals surface area contributed by atoms with Crippen LogP contribution >= 0.6 is 0 Å². The Bertz CT molecular complexity index is 177. The molecule has 2 heterocycles. The maximum atomic E-state index is 10.9. The predicted molar refractivity (Wildman–Crippen MR) is 42.2 cm³/mol. The summed E-state index contributed by atoms with van der Waals surface area (Å²) in [4.78, 5) is 12.8. The molecule has 2 rings (SSSR count). The third-order valence-corrected chi connectivity index (χ3v) is 2.76. The van der Waals surface area contributed by atoms with Crippen molar-refractivity contribution >= 4 is 5.91 Å². The van der Waals surface area contributed by atoms with Gasteiger partial charge in [-0.1, -0.05) is 0 Å². The van der Waals surface area contributed by atoms with Crippen molar-refractivity contribution in [1.82, 2.24) is 10.2 Å². The summed E-state index contributed by atoms with van der Waals surface area (Å²) < 4.78 is 0. The molecule has 62 valence electrons. The van der Waals surface area contributed by atoms with E-state index in [-0.39, 0.29) is 5.91 Å². The largest absolute Gasteiger partial charge is 0.339 e. The first-order valence-electron chi connectivity index (χ1n) is 4.22. The van der Waals surface area contributed by atoms with E-state index in [4.69, 9.17) is 0 Å². The number of carbonyl (C=O) groups excluding carboxylic acids is 1. The van der Waals surface area contributed by atoms with Gasteiger partial charge in [0.25, 0.3) is 0 Å². The third-order valence-electron chi connectivity index (χ3n) is 2.76. The Morgan fingerprint density at radius 2 is 2.27 bits per heavy atom. The molecule has 3 heteroatoms. The van der Waals surface area contributed by atoms with Crippen LogP contribution in [0.2, 0.25) is 0 Å². The van der Waals surface area contributed by atoms with Crippen molar-refractivity contribution in [2.75, 3.05) is 19.6 Å². The van der Waals surface area contributed by atoms with Crippen molar-refractivity contribution in [3.8, 4) is 0 Å². The summed E-state index contributed by atoms with van der Waals surface area (Å²) in [5, 5.41) is 3.46. The molecule has 2 saturated heterocycles. The molecule has 0 radical (unpaired) electrons. The lowest BCUT2D eigenvalue weighted by Crippen LogP contribution is -2.67. The molecule has 0 aromatic heterocycles. The fourth-order valence-corrected chi connectivity index (χ4v) is 2.05. The Morgan fingerprint density at radius 3 is 2.73 bits per heavy atom. The van der Waals surface area contributed by atoms with Crippen LogP contribution in [0.1, 0.15) is 19.8 Å². The number of hydrogen-bond acceptors (Lipinski definition) is 2. The Balaban J connectivity index is 1.91. The minimum absolute atomic E-state index is 0.212. The Hall–Kier alpha value is -0.570. The highest BCUT2D eigenvalue weighted by molar-refractivity contribution is 5.74. The van der Waals surface area contributed by atoms with Gasteiger partial charge in [0.05, 0.1) is 5.54 Å². The first-order chi connectivity index (χ1) is 5.22. The molecule has 2 aliphatic heterocycles. The van der Waals surface area contributed by atoms with E-state index in [0.29, 0.717) is 5.54 Å². The van der Waals surface area contributed by atoms with Gasteiger partial charge in [-0.05, 0) is 19.4 Å². The standard InChI is InChI=1S/C8H14N2O/c1-7(11)10-5-8(6-10)3-2-4-9-8/h9H,2-6H2,1H3. The summed E-state index contributed by atoms with van der Waals surface area (Å²) >= 11 is 0. The molecule has 0 aliphatic carbocycles. The van der Waals surface area contributed by atoms with Gasteiger partial charge in [0.2, 0.25) is 5.91 Å². The first kappa shape index (κ1) is 7.10. The quantitative estimate of drug-likeness (QED) is 0.531. The molecule has 11 heavy (non-hydrogen) atoms. The van der Waals surface area contributed by atoms with E-state index in [0.717, 1.165) is 19.6 Å². The summed E-state index contributed by atoms with van der Waals surface area (Å²) in [6.45, 7) is 4.64. The zero-order chi connectivity index (χ0) is 7.90. The third kappa shape index (κ3) is 1.03. The molecule has 0 bridgehead atoms. The van der Waals surface area contributed by atoms with Crippen LogP contribution in [0.5, 0.6) is 0 Å². The minimum Gasteiger partial charge on any atom is -0.339 e. The Morgan fingerprint density at radius 1 is 1.55 bits per heavy atom. The Labute approximate surface area is 66.8 Å². The molecule has 1 N–H and O–H groups in total. The summed E-state index contributed by atoms with van der Waals surface area (Å²) in [7, 11) is 0. The topological polar surface area (TPSA) is 32.3 Å². The molecule has 2 aliphatic rings. The molecule has 0 aromatic rings. The van der Waals surface area contributed by atoms with Gasteiger partial charge in [0.1, 0.15) is 0 Å². The second kappa shape index (κ2) is 2.21. The van der Waals surface area contributed by atoms with E-state index in [1.165, 1.54) is 12.8 Å². The highest BCUT2D eigenvalue weighted by Crippen LogP contribution is 2.29. The SMILES string of the molecule is CC(=O)N1CC2(CCCN2)C1. The second-order valence-corrected chi connectivity index (χ2v) is 3.69. The van der Waals surface area contributed by atoms with Gasteiger partial charge in [0, 0.05) is 20.0 Å². The van der Waals surface area contributed by atoms with Gasteiger partial charge in [-0.25, -0.2) is 0 Å². The number of hydrogen-bond donors (Lipinski definition) is 1. The van der Waals surface area contributed by atoms with E-state index in [1.54, 1.807) is 6.92 Å². The van der Waals surface area contributed by atoms with E-state index in [2.05, 4.69) is 5.32 Å². The van der Waals surface area contributed by atoms with E-state index >= 15 is 0 Å². The van der Waals surface area contributed by atoms with Crippen LogP contribution in [0.4, 0.5) is 0 Å². The summed E-state index contributed by atoms with van der Waals surface area (Å²) in [5.74, 6) is 0.212. The van der Waals surface area contributed by atoms with Crippen LogP contribution in [0.25, 0.3) is 0 Å². The molecular formula is C8H14N2O. The molecule has 1 amide bonds. The van der Waals surface area contributed by atoms with Gasteiger partial charge in [-0.3, -0.25) is 4.79 Å². The number of rotatable bonds is 0. The van der Waals surface area contributed by atoms with Crippen molar-refractivity contribution in [2.45, 2.75) is 25.3 Å². The van der Waals surface area contributed by atoms with E-state index in [9.17, 15) is 4.79 Å². The average molecular weight is 154 g/mol. The summed E-state index contributed by atoms with van der Waals surface area (Å²) in [6, 6.07) is 0. The normalized spacial score (nSPS) is 27.2. The second-order valence-electron chi connectivity index (χ2n) is 3.69. The van der Waals surface area contributed by atoms with Gasteiger partial charge in [-0.2, -0.15) is 0 Å². The van der Waals surface area contributed by atoms with Crippen molar-refractivity contribution in [3.63, 3.8) is 0 Å². The van der Waals surface area contributed by atoms with Crippen LogP contribution in [-0.4, -0.2) is 36.0 Å². The summed E-state index contributed by atoms with van der Waals surface area (Å²) in [5.41, 5.74) is 0.325. The van der Waals surface area contributed by atoms with Crippen molar-refractivity contribution in [1.29, 1.82) is 0 Å². The maximum absolute atomic E-state index is 10.9. The fourth-order valence-electron chi connectivity index (χ4n) is 2.05. The zero-order valence-corrected chi connectivity index (χ0v) is 6.89. The highest BCUT2D eigenvalue weighted by atomic mass is 16.2. The van der Waals surface area contributed by atoms with Crippen LogP contribution in [-0.2, 0) is 4.79 Å². The number of nitrogens with zero attached hydrogens (tertiary/aromatic N) is 1. The van der Waals surface area contributed by atoms with Crippen LogP contribution in [0.3, 0.4) is 0 Å². The number of carbonyl (C=O) groups is 1. The molecule has 0 aromatic carbocycles. The highest BCUT2D eigenvalue weighted by Gasteiger charge is 2.45. The van der Waals surface area contributed by atoms with Crippen molar-refractivity contribution in [2.24, 2.45) is 0 Å². The van der Waals surface area contributed by atoms with Crippen LogP contribution in [0.15, 0.2) is 0 Å². The molecule has 3 nitrogen and oxygen atoms in total. The molecule has 1 spiro atoms. The van der Waals surface area contributed by atoms with Crippen molar-refractivity contribution in [3.05, 3.63) is 0 Å². The molecule has 0 unspecified atom stereocenters. The molecular weight excluding hydrogens is 140 g/mol. The smallest absolute Gasteiger partial charge is 0.219 e. The van der Waals surface area contributed by atoms with Gasteiger partial charge in [-0.15, -0.1) is 0 Å². The number of amides is 1. The van der Waals surface area contributed by atoms with Crippen molar-refractivity contribution < 1.29 is 4.79 Å².